The summed E-state index contributed by atoms with van der Waals surface area (Å²) >= 11 is 0. The molecule has 114 valence electrons. The van der Waals surface area contributed by atoms with Crippen LogP contribution in [0.15, 0.2) is 30.3 Å². The van der Waals surface area contributed by atoms with Gasteiger partial charge in [0.05, 0.1) is 13.1 Å². The Hall–Kier alpha value is -1.46. The molecule has 2 unspecified atom stereocenters. The van der Waals surface area contributed by atoms with Crippen LogP contribution in [0, 0.1) is 10.1 Å². The number of likely N-dealkylation sites (N-methyl/N-ethyl adjacent to an activating group) is 1. The molecule has 2 atom stereocenters. The highest BCUT2D eigenvalue weighted by molar-refractivity contribution is 5.24. The van der Waals surface area contributed by atoms with Crippen LogP contribution in [0.5, 0.6) is 0 Å². The molecule has 1 aromatic rings. The Labute approximate surface area is 125 Å². The molecule has 0 saturated carbocycles. The number of piperidine rings is 1. The van der Waals surface area contributed by atoms with Gasteiger partial charge in [-0.15, -0.1) is 0 Å². The maximum absolute atomic E-state index is 12.0. The molecular weight excluding hydrogens is 266 g/mol. The first-order chi connectivity index (χ1) is 10.1. The minimum Gasteiger partial charge on any atom is -0.298 e. The number of fused-ring (bicyclic) bond motifs is 1. The van der Waals surface area contributed by atoms with Crippen LogP contribution in [0.3, 0.4) is 0 Å². The van der Waals surface area contributed by atoms with E-state index in [1.165, 1.54) is 6.42 Å². The van der Waals surface area contributed by atoms with Crippen molar-refractivity contribution in [3.8, 4) is 0 Å². The Balaban J connectivity index is 2.00. The average molecular weight is 289 g/mol. The molecule has 0 amide bonds. The van der Waals surface area contributed by atoms with Crippen LogP contribution in [0.4, 0.5) is 0 Å². The van der Waals surface area contributed by atoms with Crippen molar-refractivity contribution in [2.45, 2.75) is 30.8 Å². The van der Waals surface area contributed by atoms with Gasteiger partial charge in [0.1, 0.15) is 0 Å². The zero-order valence-electron chi connectivity index (χ0n) is 12.6. The topological polar surface area (TPSA) is 49.6 Å². The van der Waals surface area contributed by atoms with E-state index >= 15 is 0 Å². The number of hydrogen-bond acceptors (Lipinski definition) is 4. The zero-order chi connectivity index (χ0) is 14.9. The summed E-state index contributed by atoms with van der Waals surface area (Å²) in [6, 6.07) is 10.00. The number of rotatable bonds is 2. The first-order valence-corrected chi connectivity index (χ1v) is 7.74. The lowest BCUT2D eigenvalue weighted by atomic mass is 9.89. The van der Waals surface area contributed by atoms with Crippen molar-refractivity contribution in [2.24, 2.45) is 0 Å². The lowest BCUT2D eigenvalue weighted by molar-refractivity contribution is -0.579. The summed E-state index contributed by atoms with van der Waals surface area (Å²) in [7, 11) is 2.01. The molecule has 2 heterocycles. The Morgan fingerprint density at radius 3 is 2.71 bits per heavy atom. The van der Waals surface area contributed by atoms with Crippen LogP contribution >= 0.6 is 0 Å². The third-order valence-electron chi connectivity index (χ3n) is 4.93. The Morgan fingerprint density at radius 2 is 2.00 bits per heavy atom. The Kier molecular flexibility index (Phi) is 3.95. The van der Waals surface area contributed by atoms with Gasteiger partial charge in [-0.25, -0.2) is 0 Å². The number of nitrogens with zero attached hydrogens (tertiary/aromatic N) is 3. The minimum atomic E-state index is -1.01. The number of benzene rings is 1. The van der Waals surface area contributed by atoms with Crippen LogP contribution < -0.4 is 0 Å². The Morgan fingerprint density at radius 1 is 1.24 bits per heavy atom. The fraction of sp³-hybridized carbons (Fsp3) is 0.625. The molecule has 0 aliphatic carbocycles. The van der Waals surface area contributed by atoms with E-state index in [-0.39, 0.29) is 4.92 Å². The van der Waals surface area contributed by atoms with Gasteiger partial charge in [-0.1, -0.05) is 36.8 Å². The second-order valence-corrected chi connectivity index (χ2v) is 6.47. The fourth-order valence-corrected chi connectivity index (χ4v) is 3.88. The third-order valence-corrected chi connectivity index (χ3v) is 4.93. The normalized spacial score (nSPS) is 31.4. The van der Waals surface area contributed by atoms with Gasteiger partial charge in [0.15, 0.2) is 0 Å². The van der Waals surface area contributed by atoms with E-state index in [4.69, 9.17) is 0 Å². The summed E-state index contributed by atoms with van der Waals surface area (Å²) in [6.45, 7) is 2.93. The monoisotopic (exact) mass is 289 g/mol. The van der Waals surface area contributed by atoms with Crippen LogP contribution in [0.1, 0.15) is 24.8 Å². The lowest BCUT2D eigenvalue weighted by Crippen LogP contribution is -2.51. The molecule has 2 saturated heterocycles. The smallest absolute Gasteiger partial charge is 0.271 e. The van der Waals surface area contributed by atoms with Gasteiger partial charge < -0.3 is 0 Å². The van der Waals surface area contributed by atoms with Crippen LogP contribution in [-0.4, -0.2) is 54.0 Å². The maximum Gasteiger partial charge on any atom is 0.271 e. The molecule has 2 aliphatic rings. The van der Waals surface area contributed by atoms with Gasteiger partial charge in [-0.3, -0.25) is 19.9 Å². The molecule has 21 heavy (non-hydrogen) atoms. The molecule has 0 bridgehead atoms. The van der Waals surface area contributed by atoms with E-state index < -0.39 is 5.54 Å². The van der Waals surface area contributed by atoms with Gasteiger partial charge in [-0.05, 0) is 26.4 Å². The number of hydrogen-bond donors (Lipinski definition) is 0. The van der Waals surface area contributed by atoms with Gasteiger partial charge in [0.2, 0.25) is 0 Å². The second kappa shape index (κ2) is 5.73. The van der Waals surface area contributed by atoms with Gasteiger partial charge in [0, 0.05) is 23.1 Å². The molecular formula is C16H23N3O2. The molecule has 2 aliphatic heterocycles. The van der Waals surface area contributed by atoms with Crippen molar-refractivity contribution < 1.29 is 4.92 Å². The van der Waals surface area contributed by atoms with Crippen LogP contribution in [-0.2, 0) is 5.54 Å². The van der Waals surface area contributed by atoms with Gasteiger partial charge in [0.25, 0.3) is 5.54 Å². The lowest BCUT2D eigenvalue weighted by Gasteiger charge is -2.36. The van der Waals surface area contributed by atoms with Crippen molar-refractivity contribution in [2.75, 3.05) is 33.2 Å². The van der Waals surface area contributed by atoms with Crippen molar-refractivity contribution >= 4 is 0 Å². The minimum absolute atomic E-state index is 0.0597. The molecule has 0 spiro atoms. The molecule has 0 N–H and O–H groups in total. The molecule has 0 aromatic heterocycles. The van der Waals surface area contributed by atoms with Crippen LogP contribution in [0.2, 0.25) is 0 Å². The molecule has 5 nitrogen and oxygen atoms in total. The van der Waals surface area contributed by atoms with Crippen molar-refractivity contribution in [1.82, 2.24) is 9.80 Å². The molecule has 1 aromatic carbocycles. The first kappa shape index (κ1) is 14.5. The van der Waals surface area contributed by atoms with E-state index in [9.17, 15) is 10.1 Å². The molecule has 2 fully saturated rings. The highest BCUT2D eigenvalue weighted by atomic mass is 16.6. The van der Waals surface area contributed by atoms with E-state index in [1.807, 2.05) is 37.4 Å². The maximum atomic E-state index is 12.0. The molecule has 0 radical (unpaired) electrons. The van der Waals surface area contributed by atoms with Crippen molar-refractivity contribution in [3.63, 3.8) is 0 Å². The summed E-state index contributed by atoms with van der Waals surface area (Å²) in [6.07, 6.45) is 3.56. The molecule has 3 rings (SSSR count). The summed E-state index contributed by atoms with van der Waals surface area (Å²) in [5.41, 5.74) is -0.185. The largest absolute Gasteiger partial charge is 0.298 e. The summed E-state index contributed by atoms with van der Waals surface area (Å²) in [5, 5.41) is 12.0. The van der Waals surface area contributed by atoms with Crippen molar-refractivity contribution in [1.29, 1.82) is 0 Å². The average Bonchev–Trinajstić information content (AvgIpc) is 2.64. The highest BCUT2D eigenvalue weighted by Crippen LogP contribution is 2.33. The van der Waals surface area contributed by atoms with E-state index in [0.29, 0.717) is 19.1 Å². The fourth-order valence-electron chi connectivity index (χ4n) is 3.88. The third kappa shape index (κ3) is 2.68. The highest BCUT2D eigenvalue weighted by Gasteiger charge is 2.50. The van der Waals surface area contributed by atoms with Gasteiger partial charge >= 0.3 is 0 Å². The summed E-state index contributed by atoms with van der Waals surface area (Å²) in [5.74, 6) is 0. The standard InChI is InChI=1S/C16H23N3O2/c1-17-11-15-9-5-6-10-18(15)13-16(12-17,19(20)21)14-7-3-2-4-8-14/h2-4,7-8,15H,5-6,9-13H2,1H3. The van der Waals surface area contributed by atoms with Gasteiger partial charge in [-0.2, -0.15) is 0 Å². The molecule has 5 heteroatoms. The summed E-state index contributed by atoms with van der Waals surface area (Å²) < 4.78 is 0. The predicted molar refractivity (Wildman–Crippen MR) is 81.8 cm³/mol. The second-order valence-electron chi connectivity index (χ2n) is 6.47. The van der Waals surface area contributed by atoms with E-state index in [2.05, 4.69) is 9.80 Å². The van der Waals surface area contributed by atoms with E-state index in [1.54, 1.807) is 0 Å². The van der Waals surface area contributed by atoms with Crippen molar-refractivity contribution in [3.05, 3.63) is 46.0 Å². The summed E-state index contributed by atoms with van der Waals surface area (Å²) in [4.78, 5) is 16.4. The zero-order valence-corrected chi connectivity index (χ0v) is 12.6. The first-order valence-electron chi connectivity index (χ1n) is 7.74. The van der Waals surface area contributed by atoms with E-state index in [0.717, 1.165) is 31.5 Å². The SMILES string of the molecule is CN1CC2CCCCN2CC(c2ccccc2)([N+](=O)[O-])C1. The predicted octanol–water partition coefficient (Wildman–Crippen LogP) is 1.96. The number of nitro groups is 1. The van der Waals surface area contributed by atoms with Crippen LogP contribution in [0.25, 0.3) is 0 Å². The quantitative estimate of drug-likeness (QED) is 0.617. The Bertz CT molecular complexity index is 508.